The molecule has 0 aliphatic carbocycles. The Kier molecular flexibility index (Phi) is 2.62. The molecular weight excluding hydrogens is 192 g/mol. The fourth-order valence-corrected chi connectivity index (χ4v) is 1.43. The van der Waals surface area contributed by atoms with Gasteiger partial charge in [-0.15, -0.1) is 0 Å². The molecular formula is C12H14O3. The standard InChI is InChI=1S/C12H14O3/c1-8(2)6-14-9-3-4-10-11(13)7-15-12(10)5-9/h3-5,8H,6-7H2,1-2H3. The molecule has 3 nitrogen and oxygen atoms in total. The van der Waals surface area contributed by atoms with Crippen molar-refractivity contribution in [3.05, 3.63) is 23.8 Å². The van der Waals surface area contributed by atoms with E-state index < -0.39 is 0 Å². The second kappa shape index (κ2) is 3.93. The van der Waals surface area contributed by atoms with Gasteiger partial charge in [-0.1, -0.05) is 13.8 Å². The van der Waals surface area contributed by atoms with Gasteiger partial charge in [-0.05, 0) is 18.1 Å². The average Bonchev–Trinajstić information content (AvgIpc) is 2.57. The van der Waals surface area contributed by atoms with Gasteiger partial charge in [0.25, 0.3) is 0 Å². The maximum absolute atomic E-state index is 11.3. The van der Waals surface area contributed by atoms with E-state index in [9.17, 15) is 4.79 Å². The van der Waals surface area contributed by atoms with Crippen LogP contribution in [0.25, 0.3) is 0 Å². The lowest BCUT2D eigenvalue weighted by molar-refractivity contribution is 0.0961. The van der Waals surface area contributed by atoms with E-state index in [4.69, 9.17) is 9.47 Å². The molecule has 1 aromatic carbocycles. The molecule has 80 valence electrons. The fraction of sp³-hybridized carbons (Fsp3) is 0.417. The molecule has 3 heteroatoms. The zero-order chi connectivity index (χ0) is 10.8. The number of fused-ring (bicyclic) bond motifs is 1. The number of carbonyl (C=O) groups excluding carboxylic acids is 1. The second-order valence-electron chi connectivity index (χ2n) is 4.07. The Labute approximate surface area is 89.0 Å². The first-order valence-electron chi connectivity index (χ1n) is 5.09. The smallest absolute Gasteiger partial charge is 0.203 e. The summed E-state index contributed by atoms with van der Waals surface area (Å²) in [5.74, 6) is 1.93. The van der Waals surface area contributed by atoms with Crippen molar-refractivity contribution in [2.24, 2.45) is 5.92 Å². The van der Waals surface area contributed by atoms with Gasteiger partial charge in [-0.3, -0.25) is 4.79 Å². The highest BCUT2D eigenvalue weighted by Crippen LogP contribution is 2.29. The first kappa shape index (κ1) is 10.0. The van der Waals surface area contributed by atoms with Crippen LogP contribution in [0.2, 0.25) is 0 Å². The van der Waals surface area contributed by atoms with Crippen molar-refractivity contribution in [1.82, 2.24) is 0 Å². The molecule has 0 radical (unpaired) electrons. The second-order valence-corrected chi connectivity index (χ2v) is 4.07. The molecule has 0 atom stereocenters. The van der Waals surface area contributed by atoms with Crippen molar-refractivity contribution in [2.45, 2.75) is 13.8 Å². The Morgan fingerprint density at radius 3 is 3.00 bits per heavy atom. The molecule has 1 aliphatic heterocycles. The van der Waals surface area contributed by atoms with Crippen molar-refractivity contribution in [2.75, 3.05) is 13.2 Å². The SMILES string of the molecule is CC(C)COc1ccc2c(c1)OCC2=O. The van der Waals surface area contributed by atoms with E-state index in [1.54, 1.807) is 12.1 Å². The van der Waals surface area contributed by atoms with Crippen molar-refractivity contribution in [1.29, 1.82) is 0 Å². The zero-order valence-electron chi connectivity index (χ0n) is 8.95. The molecule has 0 saturated heterocycles. The van der Waals surface area contributed by atoms with Gasteiger partial charge >= 0.3 is 0 Å². The Balaban J connectivity index is 2.13. The highest BCUT2D eigenvalue weighted by Gasteiger charge is 2.21. The molecule has 0 unspecified atom stereocenters. The quantitative estimate of drug-likeness (QED) is 0.761. The Morgan fingerprint density at radius 2 is 2.27 bits per heavy atom. The van der Waals surface area contributed by atoms with Crippen molar-refractivity contribution in [3.63, 3.8) is 0 Å². The first-order valence-corrected chi connectivity index (χ1v) is 5.09. The number of carbonyl (C=O) groups is 1. The molecule has 15 heavy (non-hydrogen) atoms. The summed E-state index contributed by atoms with van der Waals surface area (Å²) in [7, 11) is 0. The number of Topliss-reactive ketones (excluding diaryl/α,β-unsaturated/α-hetero) is 1. The monoisotopic (exact) mass is 206 g/mol. The molecule has 1 heterocycles. The number of ketones is 1. The van der Waals surface area contributed by atoms with Gasteiger partial charge in [0.05, 0.1) is 12.2 Å². The van der Waals surface area contributed by atoms with E-state index in [0.717, 1.165) is 5.75 Å². The van der Waals surface area contributed by atoms with Crippen molar-refractivity contribution in [3.8, 4) is 11.5 Å². The van der Waals surface area contributed by atoms with Crippen LogP contribution in [0.4, 0.5) is 0 Å². The van der Waals surface area contributed by atoms with Gasteiger partial charge in [0.2, 0.25) is 5.78 Å². The summed E-state index contributed by atoms with van der Waals surface area (Å²) in [6.07, 6.45) is 0. The van der Waals surface area contributed by atoms with Crippen LogP contribution in [0.15, 0.2) is 18.2 Å². The van der Waals surface area contributed by atoms with Crippen LogP contribution >= 0.6 is 0 Å². The van der Waals surface area contributed by atoms with E-state index in [2.05, 4.69) is 13.8 Å². The number of rotatable bonds is 3. The summed E-state index contributed by atoms with van der Waals surface area (Å²) in [5.41, 5.74) is 0.659. The van der Waals surface area contributed by atoms with Crippen LogP contribution in [0.1, 0.15) is 24.2 Å². The lowest BCUT2D eigenvalue weighted by atomic mass is 10.1. The van der Waals surface area contributed by atoms with E-state index in [-0.39, 0.29) is 12.4 Å². The normalized spacial score (nSPS) is 13.9. The first-order chi connectivity index (χ1) is 7.16. The Hall–Kier alpha value is -1.51. The summed E-state index contributed by atoms with van der Waals surface area (Å²) in [6.45, 7) is 5.01. The maximum Gasteiger partial charge on any atom is 0.203 e. The lowest BCUT2D eigenvalue weighted by Crippen LogP contribution is -2.04. The van der Waals surface area contributed by atoms with E-state index in [1.807, 2.05) is 6.07 Å². The minimum Gasteiger partial charge on any atom is -0.493 e. The minimum atomic E-state index is 0.0420. The number of hydrogen-bond donors (Lipinski definition) is 0. The van der Waals surface area contributed by atoms with Gasteiger partial charge in [-0.25, -0.2) is 0 Å². The minimum absolute atomic E-state index is 0.0420. The highest BCUT2D eigenvalue weighted by molar-refractivity contribution is 6.02. The average molecular weight is 206 g/mol. The molecule has 0 aromatic heterocycles. The summed E-state index contributed by atoms with van der Waals surface area (Å²) < 4.78 is 10.8. The Bertz CT molecular complexity index is 382. The predicted molar refractivity (Wildman–Crippen MR) is 56.6 cm³/mol. The van der Waals surface area contributed by atoms with Gasteiger partial charge < -0.3 is 9.47 Å². The van der Waals surface area contributed by atoms with E-state index in [1.165, 1.54) is 0 Å². The summed E-state index contributed by atoms with van der Waals surface area (Å²) in [5, 5.41) is 0. The zero-order valence-corrected chi connectivity index (χ0v) is 8.95. The largest absolute Gasteiger partial charge is 0.493 e. The van der Waals surface area contributed by atoms with Crippen LogP contribution in [0.3, 0.4) is 0 Å². The third kappa shape index (κ3) is 2.12. The predicted octanol–water partition coefficient (Wildman–Crippen LogP) is 2.30. The molecule has 0 bridgehead atoms. The van der Waals surface area contributed by atoms with Crippen LogP contribution in [-0.4, -0.2) is 19.0 Å². The van der Waals surface area contributed by atoms with Gasteiger partial charge in [-0.2, -0.15) is 0 Å². The molecule has 1 aliphatic rings. The topological polar surface area (TPSA) is 35.5 Å². The van der Waals surface area contributed by atoms with Gasteiger partial charge in [0.15, 0.2) is 6.61 Å². The van der Waals surface area contributed by atoms with Crippen LogP contribution in [0.5, 0.6) is 11.5 Å². The molecule has 0 fully saturated rings. The third-order valence-corrected chi connectivity index (χ3v) is 2.20. The maximum atomic E-state index is 11.3. The molecule has 1 aromatic rings. The molecule has 0 amide bonds. The lowest BCUT2D eigenvalue weighted by Gasteiger charge is -2.09. The number of hydrogen-bond acceptors (Lipinski definition) is 3. The van der Waals surface area contributed by atoms with E-state index in [0.29, 0.717) is 23.8 Å². The van der Waals surface area contributed by atoms with Crippen molar-refractivity contribution >= 4 is 5.78 Å². The molecule has 0 saturated carbocycles. The number of ether oxygens (including phenoxy) is 2. The molecule has 0 spiro atoms. The highest BCUT2D eigenvalue weighted by atomic mass is 16.5. The summed E-state index contributed by atoms with van der Waals surface area (Å²) >= 11 is 0. The Morgan fingerprint density at radius 1 is 1.47 bits per heavy atom. The van der Waals surface area contributed by atoms with Gasteiger partial charge in [0, 0.05) is 6.07 Å². The summed E-state index contributed by atoms with van der Waals surface area (Å²) in [4.78, 5) is 11.3. The molecule has 2 rings (SSSR count). The number of benzene rings is 1. The molecule has 0 N–H and O–H groups in total. The fourth-order valence-electron chi connectivity index (χ4n) is 1.43. The van der Waals surface area contributed by atoms with Gasteiger partial charge in [0.1, 0.15) is 11.5 Å². The van der Waals surface area contributed by atoms with Crippen LogP contribution < -0.4 is 9.47 Å². The van der Waals surface area contributed by atoms with Crippen molar-refractivity contribution < 1.29 is 14.3 Å². The third-order valence-electron chi connectivity index (χ3n) is 2.20. The summed E-state index contributed by atoms with van der Waals surface area (Å²) in [6, 6.07) is 5.36. The van der Waals surface area contributed by atoms with Crippen LogP contribution in [0, 0.1) is 5.92 Å². The van der Waals surface area contributed by atoms with Crippen LogP contribution in [-0.2, 0) is 0 Å². The van der Waals surface area contributed by atoms with E-state index >= 15 is 0 Å².